The summed E-state index contributed by atoms with van der Waals surface area (Å²) in [6, 6.07) is 0. The third-order valence-corrected chi connectivity index (χ3v) is 6.78. The Morgan fingerprint density at radius 2 is 1.58 bits per heavy atom. The fraction of sp³-hybridized carbons (Fsp3) is 1.00. The van der Waals surface area contributed by atoms with Gasteiger partial charge in [-0.1, -0.05) is 6.42 Å². The van der Waals surface area contributed by atoms with E-state index in [9.17, 15) is 0 Å². The second-order valence-corrected chi connectivity index (χ2v) is 8.19. The van der Waals surface area contributed by atoms with Crippen molar-refractivity contribution in [1.29, 1.82) is 0 Å². The van der Waals surface area contributed by atoms with E-state index >= 15 is 0 Å². The van der Waals surface area contributed by atoms with Gasteiger partial charge in [-0.3, -0.25) is 4.90 Å². The lowest BCUT2D eigenvalue weighted by Crippen LogP contribution is -2.60. The van der Waals surface area contributed by atoms with Gasteiger partial charge in [0.15, 0.2) is 0 Å². The molecule has 1 aliphatic heterocycles. The Balaban J connectivity index is 1.56. The highest BCUT2D eigenvalue weighted by molar-refractivity contribution is 5.07. The van der Waals surface area contributed by atoms with Crippen molar-refractivity contribution in [3.8, 4) is 0 Å². The summed E-state index contributed by atoms with van der Waals surface area (Å²) in [6.45, 7) is 3.58. The molecule has 1 heterocycles. The van der Waals surface area contributed by atoms with E-state index in [-0.39, 0.29) is 0 Å². The topological polar surface area (TPSA) is 29.3 Å². The Bertz CT molecular complexity index is 303. The van der Waals surface area contributed by atoms with Gasteiger partial charge < -0.3 is 5.73 Å². The summed E-state index contributed by atoms with van der Waals surface area (Å²) in [5.74, 6) is 4.00. The molecule has 4 bridgehead atoms. The number of nitrogens with two attached hydrogens (primary N) is 1. The van der Waals surface area contributed by atoms with Gasteiger partial charge in [-0.2, -0.15) is 0 Å². The standard InChI is InChI=1S/C17H30N2/c18-11-13-3-1-2-4-19(12-13)17-8-14-5-15(9-17)7-16(6-14)10-17/h13-16H,1-12,18H2. The third-order valence-electron chi connectivity index (χ3n) is 6.78. The van der Waals surface area contributed by atoms with Gasteiger partial charge in [0.2, 0.25) is 0 Å². The molecule has 108 valence electrons. The van der Waals surface area contributed by atoms with Crippen LogP contribution in [0.5, 0.6) is 0 Å². The highest BCUT2D eigenvalue weighted by atomic mass is 15.2. The van der Waals surface area contributed by atoms with Gasteiger partial charge >= 0.3 is 0 Å². The average Bonchev–Trinajstić information content (AvgIpc) is 2.62. The van der Waals surface area contributed by atoms with Gasteiger partial charge in [0.05, 0.1) is 0 Å². The molecule has 19 heavy (non-hydrogen) atoms. The first-order valence-electron chi connectivity index (χ1n) is 8.72. The molecule has 2 heteroatoms. The van der Waals surface area contributed by atoms with E-state index in [0.29, 0.717) is 5.54 Å². The summed E-state index contributed by atoms with van der Waals surface area (Å²) in [5.41, 5.74) is 6.62. The van der Waals surface area contributed by atoms with Crippen LogP contribution in [0.4, 0.5) is 0 Å². The molecule has 1 saturated heterocycles. The first kappa shape index (κ1) is 12.6. The normalized spacial score (nSPS) is 50.4. The zero-order valence-electron chi connectivity index (χ0n) is 12.3. The van der Waals surface area contributed by atoms with E-state index in [1.807, 2.05) is 0 Å². The molecule has 4 aliphatic carbocycles. The van der Waals surface area contributed by atoms with Crippen LogP contribution in [0.3, 0.4) is 0 Å². The second-order valence-electron chi connectivity index (χ2n) is 8.19. The molecule has 4 saturated carbocycles. The molecule has 0 aromatic carbocycles. The summed E-state index contributed by atoms with van der Waals surface area (Å²) >= 11 is 0. The fourth-order valence-electron chi connectivity index (χ4n) is 6.31. The minimum Gasteiger partial charge on any atom is -0.330 e. The Kier molecular flexibility index (Phi) is 3.15. The minimum atomic E-state index is 0.618. The lowest BCUT2D eigenvalue weighted by atomic mass is 9.52. The molecule has 0 spiro atoms. The monoisotopic (exact) mass is 262 g/mol. The van der Waals surface area contributed by atoms with E-state index in [2.05, 4.69) is 4.90 Å². The molecule has 5 aliphatic rings. The van der Waals surface area contributed by atoms with Crippen molar-refractivity contribution in [2.45, 2.75) is 63.3 Å². The molecular formula is C17H30N2. The van der Waals surface area contributed by atoms with Crippen LogP contribution >= 0.6 is 0 Å². The van der Waals surface area contributed by atoms with Crippen LogP contribution in [0.15, 0.2) is 0 Å². The highest BCUT2D eigenvalue weighted by Crippen LogP contribution is 2.58. The van der Waals surface area contributed by atoms with E-state index in [4.69, 9.17) is 5.73 Å². The zero-order valence-corrected chi connectivity index (χ0v) is 12.3. The predicted octanol–water partition coefficient (Wildman–Crippen LogP) is 3.02. The van der Waals surface area contributed by atoms with E-state index in [1.54, 1.807) is 19.3 Å². The number of likely N-dealkylation sites (tertiary alicyclic amines) is 1. The molecule has 2 N–H and O–H groups in total. The summed E-state index contributed by atoms with van der Waals surface area (Å²) < 4.78 is 0. The number of hydrogen-bond donors (Lipinski definition) is 1. The first-order chi connectivity index (χ1) is 9.27. The Morgan fingerprint density at radius 1 is 0.947 bits per heavy atom. The van der Waals surface area contributed by atoms with E-state index < -0.39 is 0 Å². The van der Waals surface area contributed by atoms with Crippen LogP contribution in [0.25, 0.3) is 0 Å². The highest BCUT2D eigenvalue weighted by Gasteiger charge is 2.53. The summed E-state index contributed by atoms with van der Waals surface area (Å²) in [7, 11) is 0. The largest absolute Gasteiger partial charge is 0.330 e. The maximum absolute atomic E-state index is 6.00. The van der Waals surface area contributed by atoms with Gasteiger partial charge in [-0.15, -0.1) is 0 Å². The number of rotatable bonds is 2. The smallest absolute Gasteiger partial charge is 0.0217 e. The maximum atomic E-state index is 6.00. The zero-order chi connectivity index (χ0) is 12.9. The SMILES string of the molecule is NCC1CCCCN(C23CC4CC(CC(C4)C2)C3)C1. The Hall–Kier alpha value is -0.0800. The summed E-state index contributed by atoms with van der Waals surface area (Å²) in [6.07, 6.45) is 13.5. The molecule has 5 rings (SSSR count). The lowest BCUT2D eigenvalue weighted by molar-refractivity contribution is -0.0909. The van der Waals surface area contributed by atoms with Crippen molar-refractivity contribution in [3.05, 3.63) is 0 Å². The summed E-state index contributed by atoms with van der Waals surface area (Å²) in [5, 5.41) is 0. The second kappa shape index (κ2) is 4.73. The van der Waals surface area contributed by atoms with E-state index in [1.165, 1.54) is 51.6 Å². The molecule has 0 aromatic rings. The molecule has 1 atom stereocenters. The average molecular weight is 262 g/mol. The van der Waals surface area contributed by atoms with Crippen LogP contribution in [0.2, 0.25) is 0 Å². The maximum Gasteiger partial charge on any atom is 0.0217 e. The van der Waals surface area contributed by atoms with Crippen LogP contribution < -0.4 is 5.73 Å². The Labute approximate surface area is 118 Å². The molecular weight excluding hydrogens is 232 g/mol. The van der Waals surface area contributed by atoms with Crippen molar-refractivity contribution >= 4 is 0 Å². The van der Waals surface area contributed by atoms with Gasteiger partial charge in [0, 0.05) is 12.1 Å². The number of nitrogens with zero attached hydrogens (tertiary/aromatic N) is 1. The molecule has 0 amide bonds. The number of hydrogen-bond acceptors (Lipinski definition) is 2. The first-order valence-corrected chi connectivity index (χ1v) is 8.72. The molecule has 0 aromatic heterocycles. The third kappa shape index (κ3) is 2.15. The molecule has 1 unspecified atom stereocenters. The van der Waals surface area contributed by atoms with Gasteiger partial charge in [-0.05, 0) is 88.1 Å². The van der Waals surface area contributed by atoms with Crippen LogP contribution in [0, 0.1) is 23.7 Å². The quantitative estimate of drug-likeness (QED) is 0.829. The minimum absolute atomic E-state index is 0.618. The van der Waals surface area contributed by atoms with Crippen molar-refractivity contribution in [2.24, 2.45) is 29.4 Å². The van der Waals surface area contributed by atoms with Gasteiger partial charge in [0.25, 0.3) is 0 Å². The van der Waals surface area contributed by atoms with Gasteiger partial charge in [-0.25, -0.2) is 0 Å². The Morgan fingerprint density at radius 3 is 2.16 bits per heavy atom. The summed E-state index contributed by atoms with van der Waals surface area (Å²) in [4.78, 5) is 2.93. The van der Waals surface area contributed by atoms with Crippen LogP contribution in [-0.4, -0.2) is 30.1 Å². The van der Waals surface area contributed by atoms with Crippen molar-refractivity contribution < 1.29 is 0 Å². The van der Waals surface area contributed by atoms with Crippen molar-refractivity contribution in [1.82, 2.24) is 4.90 Å². The predicted molar refractivity (Wildman–Crippen MR) is 78.9 cm³/mol. The fourth-order valence-corrected chi connectivity index (χ4v) is 6.31. The van der Waals surface area contributed by atoms with Crippen molar-refractivity contribution in [3.63, 3.8) is 0 Å². The van der Waals surface area contributed by atoms with Crippen LogP contribution in [0.1, 0.15) is 57.8 Å². The molecule has 2 nitrogen and oxygen atoms in total. The molecule has 5 fully saturated rings. The van der Waals surface area contributed by atoms with Gasteiger partial charge in [0.1, 0.15) is 0 Å². The van der Waals surface area contributed by atoms with Crippen LogP contribution in [-0.2, 0) is 0 Å². The van der Waals surface area contributed by atoms with E-state index in [0.717, 1.165) is 30.2 Å². The van der Waals surface area contributed by atoms with Crippen molar-refractivity contribution in [2.75, 3.05) is 19.6 Å². The lowest BCUT2D eigenvalue weighted by Gasteiger charge is -2.61. The molecule has 0 radical (unpaired) electrons.